The maximum Gasteiger partial charge on any atom is 0.0596 e. The number of likely N-dealkylation sites (N-methyl/N-ethyl adjacent to an activating group) is 1. The molecule has 1 heterocycles. The summed E-state index contributed by atoms with van der Waals surface area (Å²) in [5, 5.41) is 7.69. The summed E-state index contributed by atoms with van der Waals surface area (Å²) in [4.78, 5) is 0. The molecule has 0 aromatic carbocycles. The lowest BCUT2D eigenvalue weighted by Gasteiger charge is -2.14. The Labute approximate surface area is 86.5 Å². The Morgan fingerprint density at radius 3 is 2.71 bits per heavy atom. The SMILES string of the molecule is CCCC(Cc1cc(C)nn1C)NC. The first-order valence-electron chi connectivity index (χ1n) is 5.34. The van der Waals surface area contributed by atoms with Crippen molar-refractivity contribution in [3.63, 3.8) is 0 Å². The van der Waals surface area contributed by atoms with Gasteiger partial charge in [0, 0.05) is 25.2 Å². The van der Waals surface area contributed by atoms with Crippen LogP contribution in [0.2, 0.25) is 0 Å². The molecule has 0 aliphatic carbocycles. The zero-order chi connectivity index (χ0) is 10.6. The van der Waals surface area contributed by atoms with E-state index in [1.54, 1.807) is 0 Å². The van der Waals surface area contributed by atoms with Crippen LogP contribution in [-0.2, 0) is 13.5 Å². The van der Waals surface area contributed by atoms with E-state index < -0.39 is 0 Å². The van der Waals surface area contributed by atoms with Gasteiger partial charge in [-0.3, -0.25) is 4.68 Å². The van der Waals surface area contributed by atoms with E-state index in [1.807, 2.05) is 25.7 Å². The molecule has 0 radical (unpaired) electrons. The molecule has 3 heteroatoms. The molecule has 1 N–H and O–H groups in total. The molecule has 0 fully saturated rings. The van der Waals surface area contributed by atoms with Gasteiger partial charge in [-0.1, -0.05) is 13.3 Å². The maximum absolute atomic E-state index is 4.35. The van der Waals surface area contributed by atoms with Crippen LogP contribution in [0.25, 0.3) is 0 Å². The largest absolute Gasteiger partial charge is 0.317 e. The Hall–Kier alpha value is -0.830. The molecule has 0 saturated carbocycles. The zero-order valence-corrected chi connectivity index (χ0v) is 9.67. The van der Waals surface area contributed by atoms with E-state index in [2.05, 4.69) is 23.4 Å². The van der Waals surface area contributed by atoms with Crippen LogP contribution in [0.1, 0.15) is 31.2 Å². The number of aromatic nitrogens is 2. The second-order valence-electron chi connectivity index (χ2n) is 3.88. The fraction of sp³-hybridized carbons (Fsp3) is 0.727. The molecule has 1 aromatic heterocycles. The highest BCUT2D eigenvalue weighted by atomic mass is 15.3. The van der Waals surface area contributed by atoms with Crippen molar-refractivity contribution in [3.05, 3.63) is 17.5 Å². The highest BCUT2D eigenvalue weighted by Crippen LogP contribution is 2.08. The van der Waals surface area contributed by atoms with Gasteiger partial charge in [0.2, 0.25) is 0 Å². The first kappa shape index (κ1) is 11.2. The number of rotatable bonds is 5. The molecule has 0 bridgehead atoms. The highest BCUT2D eigenvalue weighted by molar-refractivity contribution is 5.09. The third-order valence-corrected chi connectivity index (χ3v) is 2.60. The van der Waals surface area contributed by atoms with Crippen LogP contribution in [0.15, 0.2) is 6.07 Å². The molecule has 0 aliphatic rings. The summed E-state index contributed by atoms with van der Waals surface area (Å²) in [6.07, 6.45) is 3.52. The van der Waals surface area contributed by atoms with Crippen molar-refractivity contribution >= 4 is 0 Å². The molecule has 0 saturated heterocycles. The monoisotopic (exact) mass is 195 g/mol. The van der Waals surface area contributed by atoms with Gasteiger partial charge in [-0.15, -0.1) is 0 Å². The first-order chi connectivity index (χ1) is 6.67. The fourth-order valence-electron chi connectivity index (χ4n) is 1.80. The van der Waals surface area contributed by atoms with Gasteiger partial charge in [-0.25, -0.2) is 0 Å². The minimum atomic E-state index is 0.579. The molecular formula is C11H21N3. The summed E-state index contributed by atoms with van der Waals surface area (Å²) < 4.78 is 1.98. The average Bonchev–Trinajstić information content (AvgIpc) is 2.44. The fourth-order valence-corrected chi connectivity index (χ4v) is 1.80. The highest BCUT2D eigenvalue weighted by Gasteiger charge is 2.09. The zero-order valence-electron chi connectivity index (χ0n) is 9.67. The van der Waals surface area contributed by atoms with Crippen LogP contribution < -0.4 is 5.32 Å². The van der Waals surface area contributed by atoms with Crippen LogP contribution in [0.5, 0.6) is 0 Å². The molecule has 0 amide bonds. The van der Waals surface area contributed by atoms with Gasteiger partial charge in [0.25, 0.3) is 0 Å². The predicted molar refractivity (Wildman–Crippen MR) is 59.4 cm³/mol. The number of hydrogen-bond acceptors (Lipinski definition) is 2. The summed E-state index contributed by atoms with van der Waals surface area (Å²) >= 11 is 0. The summed E-state index contributed by atoms with van der Waals surface area (Å²) in [6.45, 7) is 4.26. The summed E-state index contributed by atoms with van der Waals surface area (Å²) in [7, 11) is 4.05. The van der Waals surface area contributed by atoms with E-state index in [9.17, 15) is 0 Å². The smallest absolute Gasteiger partial charge is 0.0596 e. The predicted octanol–water partition coefficient (Wildman–Crippen LogP) is 1.66. The second kappa shape index (κ2) is 5.15. The Balaban J connectivity index is 2.61. The van der Waals surface area contributed by atoms with Gasteiger partial charge < -0.3 is 5.32 Å². The van der Waals surface area contributed by atoms with Crippen molar-refractivity contribution in [1.82, 2.24) is 15.1 Å². The summed E-state index contributed by atoms with van der Waals surface area (Å²) in [5.41, 5.74) is 2.42. The van der Waals surface area contributed by atoms with E-state index in [4.69, 9.17) is 0 Å². The van der Waals surface area contributed by atoms with Gasteiger partial charge in [0.15, 0.2) is 0 Å². The van der Waals surface area contributed by atoms with E-state index in [0.29, 0.717) is 6.04 Å². The van der Waals surface area contributed by atoms with Crippen LogP contribution in [-0.4, -0.2) is 22.9 Å². The van der Waals surface area contributed by atoms with Gasteiger partial charge in [-0.2, -0.15) is 5.10 Å². The van der Waals surface area contributed by atoms with Crippen molar-refractivity contribution in [1.29, 1.82) is 0 Å². The standard InChI is InChI=1S/C11H21N3/c1-5-6-10(12-3)8-11-7-9(2)13-14(11)4/h7,10,12H,5-6,8H2,1-4H3. The molecule has 0 aliphatic heterocycles. The van der Waals surface area contributed by atoms with Crippen molar-refractivity contribution < 1.29 is 0 Å². The maximum atomic E-state index is 4.35. The van der Waals surface area contributed by atoms with E-state index in [0.717, 1.165) is 12.1 Å². The lowest BCUT2D eigenvalue weighted by Crippen LogP contribution is -2.28. The Morgan fingerprint density at radius 1 is 1.57 bits per heavy atom. The van der Waals surface area contributed by atoms with Crippen molar-refractivity contribution in [2.45, 2.75) is 39.2 Å². The Morgan fingerprint density at radius 2 is 2.29 bits per heavy atom. The van der Waals surface area contributed by atoms with Crippen LogP contribution in [0.3, 0.4) is 0 Å². The molecule has 14 heavy (non-hydrogen) atoms. The van der Waals surface area contributed by atoms with E-state index in [1.165, 1.54) is 18.5 Å². The lowest BCUT2D eigenvalue weighted by atomic mass is 10.1. The van der Waals surface area contributed by atoms with Crippen molar-refractivity contribution in [3.8, 4) is 0 Å². The topological polar surface area (TPSA) is 29.9 Å². The molecule has 1 rings (SSSR count). The van der Waals surface area contributed by atoms with E-state index >= 15 is 0 Å². The Bertz CT molecular complexity index is 278. The molecule has 1 atom stereocenters. The summed E-state index contributed by atoms with van der Waals surface area (Å²) in [6, 6.07) is 2.75. The third-order valence-electron chi connectivity index (χ3n) is 2.60. The van der Waals surface area contributed by atoms with Crippen LogP contribution in [0, 0.1) is 6.92 Å². The van der Waals surface area contributed by atoms with Gasteiger partial charge in [-0.05, 0) is 26.5 Å². The first-order valence-corrected chi connectivity index (χ1v) is 5.34. The molecule has 3 nitrogen and oxygen atoms in total. The normalized spacial score (nSPS) is 13.1. The average molecular weight is 195 g/mol. The second-order valence-corrected chi connectivity index (χ2v) is 3.88. The molecule has 80 valence electrons. The Kier molecular flexibility index (Phi) is 4.14. The molecule has 0 spiro atoms. The van der Waals surface area contributed by atoms with E-state index in [-0.39, 0.29) is 0 Å². The molecule has 1 aromatic rings. The lowest BCUT2D eigenvalue weighted by molar-refractivity contribution is 0.497. The number of nitrogens with one attached hydrogen (secondary N) is 1. The molecular weight excluding hydrogens is 174 g/mol. The molecule has 1 unspecified atom stereocenters. The number of aryl methyl sites for hydroxylation is 2. The third kappa shape index (κ3) is 2.84. The van der Waals surface area contributed by atoms with Crippen molar-refractivity contribution in [2.24, 2.45) is 7.05 Å². The van der Waals surface area contributed by atoms with Gasteiger partial charge in [0.05, 0.1) is 5.69 Å². The van der Waals surface area contributed by atoms with Crippen LogP contribution >= 0.6 is 0 Å². The van der Waals surface area contributed by atoms with Gasteiger partial charge >= 0.3 is 0 Å². The van der Waals surface area contributed by atoms with Crippen molar-refractivity contribution in [2.75, 3.05) is 7.05 Å². The number of nitrogens with zero attached hydrogens (tertiary/aromatic N) is 2. The minimum absolute atomic E-state index is 0.579. The minimum Gasteiger partial charge on any atom is -0.317 e. The van der Waals surface area contributed by atoms with Gasteiger partial charge in [0.1, 0.15) is 0 Å². The van der Waals surface area contributed by atoms with Crippen LogP contribution in [0.4, 0.5) is 0 Å². The summed E-state index contributed by atoms with van der Waals surface area (Å²) in [5.74, 6) is 0. The number of hydrogen-bond donors (Lipinski definition) is 1. The quantitative estimate of drug-likeness (QED) is 0.774.